The molecule has 1 fully saturated rings. The molecular formula is C12H21N3S. The van der Waals surface area contributed by atoms with Gasteiger partial charge in [0.15, 0.2) is 0 Å². The molecule has 2 rings (SSSR count). The molecule has 0 aliphatic carbocycles. The van der Waals surface area contributed by atoms with Gasteiger partial charge in [-0.3, -0.25) is 4.90 Å². The summed E-state index contributed by atoms with van der Waals surface area (Å²) in [5, 5.41) is 4.55. The van der Waals surface area contributed by atoms with Crippen LogP contribution in [0.4, 0.5) is 0 Å². The maximum atomic E-state index is 4.48. The summed E-state index contributed by atoms with van der Waals surface area (Å²) in [4.78, 5) is 8.41. The van der Waals surface area contributed by atoms with Crippen molar-refractivity contribution >= 4 is 11.3 Å². The third kappa shape index (κ3) is 3.03. The van der Waals surface area contributed by atoms with E-state index >= 15 is 0 Å². The molecule has 1 aliphatic rings. The van der Waals surface area contributed by atoms with Crippen LogP contribution in [0.1, 0.15) is 23.2 Å². The molecule has 0 saturated carbocycles. The Balaban J connectivity index is 1.82. The van der Waals surface area contributed by atoms with Crippen LogP contribution >= 0.6 is 11.3 Å². The SMILES string of the molecule is CCc1cnc(CN2CCC(CNC)C2)s1. The van der Waals surface area contributed by atoms with Crippen molar-refractivity contribution in [2.45, 2.75) is 26.3 Å². The second-order valence-electron chi connectivity index (χ2n) is 4.52. The lowest BCUT2D eigenvalue weighted by atomic mass is 10.1. The molecule has 16 heavy (non-hydrogen) atoms. The summed E-state index contributed by atoms with van der Waals surface area (Å²) >= 11 is 1.87. The molecule has 0 aromatic carbocycles. The van der Waals surface area contributed by atoms with Gasteiger partial charge in [0.05, 0.1) is 6.54 Å². The van der Waals surface area contributed by atoms with E-state index < -0.39 is 0 Å². The van der Waals surface area contributed by atoms with Crippen LogP contribution in [0.3, 0.4) is 0 Å². The molecule has 4 heteroatoms. The molecule has 0 spiro atoms. The highest BCUT2D eigenvalue weighted by atomic mass is 32.1. The van der Waals surface area contributed by atoms with Gasteiger partial charge in [0, 0.05) is 17.6 Å². The first kappa shape index (κ1) is 12.0. The fraction of sp³-hybridized carbons (Fsp3) is 0.750. The van der Waals surface area contributed by atoms with Crippen LogP contribution in [-0.2, 0) is 13.0 Å². The Morgan fingerprint density at radius 3 is 3.19 bits per heavy atom. The first-order valence-corrected chi connectivity index (χ1v) is 6.94. The molecule has 3 nitrogen and oxygen atoms in total. The van der Waals surface area contributed by atoms with Gasteiger partial charge in [-0.2, -0.15) is 0 Å². The quantitative estimate of drug-likeness (QED) is 0.848. The summed E-state index contributed by atoms with van der Waals surface area (Å²) < 4.78 is 0. The number of aromatic nitrogens is 1. The molecule has 1 aromatic rings. The third-order valence-electron chi connectivity index (χ3n) is 3.17. The average Bonchev–Trinajstić information content (AvgIpc) is 2.89. The molecule has 90 valence electrons. The highest BCUT2D eigenvalue weighted by Crippen LogP contribution is 2.20. The average molecular weight is 239 g/mol. The van der Waals surface area contributed by atoms with Crippen molar-refractivity contribution in [3.63, 3.8) is 0 Å². The van der Waals surface area contributed by atoms with Crippen molar-refractivity contribution in [3.05, 3.63) is 16.1 Å². The maximum Gasteiger partial charge on any atom is 0.107 e. The standard InChI is InChI=1S/C12H21N3S/c1-3-11-7-14-12(16-11)9-15-5-4-10(8-15)6-13-2/h7,10,13H,3-6,8-9H2,1-2H3. The van der Waals surface area contributed by atoms with Crippen molar-refractivity contribution < 1.29 is 0 Å². The summed E-state index contributed by atoms with van der Waals surface area (Å²) in [6.07, 6.45) is 4.47. The van der Waals surface area contributed by atoms with Crippen molar-refractivity contribution in [1.82, 2.24) is 15.2 Å². The van der Waals surface area contributed by atoms with Gasteiger partial charge in [-0.15, -0.1) is 11.3 Å². The summed E-state index contributed by atoms with van der Waals surface area (Å²) in [5.74, 6) is 0.829. The molecule has 1 atom stereocenters. The normalized spacial score (nSPS) is 21.8. The van der Waals surface area contributed by atoms with Gasteiger partial charge in [-0.1, -0.05) is 6.92 Å². The van der Waals surface area contributed by atoms with E-state index in [2.05, 4.69) is 22.1 Å². The summed E-state index contributed by atoms with van der Waals surface area (Å²) in [6.45, 7) is 6.84. The van der Waals surface area contributed by atoms with Crippen molar-refractivity contribution in [2.75, 3.05) is 26.7 Å². The minimum Gasteiger partial charge on any atom is -0.319 e. The second-order valence-corrected chi connectivity index (χ2v) is 5.72. The molecule has 2 heterocycles. The van der Waals surface area contributed by atoms with Crippen LogP contribution in [-0.4, -0.2) is 36.6 Å². The molecule has 1 unspecified atom stereocenters. The third-order valence-corrected chi connectivity index (χ3v) is 4.30. The number of nitrogens with one attached hydrogen (secondary N) is 1. The Kier molecular flexibility index (Phi) is 4.32. The number of rotatable bonds is 5. The molecular weight excluding hydrogens is 218 g/mol. The number of hydrogen-bond donors (Lipinski definition) is 1. The van der Waals surface area contributed by atoms with Crippen LogP contribution < -0.4 is 5.32 Å². The summed E-state index contributed by atoms with van der Waals surface area (Å²) in [6, 6.07) is 0. The molecule has 0 bridgehead atoms. The van der Waals surface area contributed by atoms with Gasteiger partial charge in [-0.05, 0) is 38.9 Å². The molecule has 1 aromatic heterocycles. The molecule has 1 N–H and O–H groups in total. The van der Waals surface area contributed by atoms with Gasteiger partial charge in [0.25, 0.3) is 0 Å². The van der Waals surface area contributed by atoms with E-state index in [-0.39, 0.29) is 0 Å². The Labute approximate surface area is 102 Å². The minimum atomic E-state index is 0.829. The van der Waals surface area contributed by atoms with E-state index in [0.29, 0.717) is 0 Å². The zero-order valence-electron chi connectivity index (χ0n) is 10.2. The van der Waals surface area contributed by atoms with Gasteiger partial charge in [-0.25, -0.2) is 4.98 Å². The van der Waals surface area contributed by atoms with Crippen LogP contribution in [0.2, 0.25) is 0 Å². The van der Waals surface area contributed by atoms with Crippen LogP contribution in [0.15, 0.2) is 6.20 Å². The summed E-state index contributed by atoms with van der Waals surface area (Å²) in [7, 11) is 2.04. The minimum absolute atomic E-state index is 0.829. The fourth-order valence-electron chi connectivity index (χ4n) is 2.29. The van der Waals surface area contributed by atoms with Crippen LogP contribution in [0, 0.1) is 5.92 Å². The molecule has 1 saturated heterocycles. The molecule has 0 amide bonds. The second kappa shape index (κ2) is 5.75. The predicted octanol–water partition coefficient (Wildman–Crippen LogP) is 1.75. The largest absolute Gasteiger partial charge is 0.319 e. The van der Waals surface area contributed by atoms with Crippen LogP contribution in [0.25, 0.3) is 0 Å². The highest BCUT2D eigenvalue weighted by Gasteiger charge is 2.22. The number of aryl methyl sites for hydroxylation is 1. The Morgan fingerprint density at radius 1 is 1.62 bits per heavy atom. The van der Waals surface area contributed by atoms with E-state index in [9.17, 15) is 0 Å². The lowest BCUT2D eigenvalue weighted by molar-refractivity contribution is 0.315. The number of likely N-dealkylation sites (tertiary alicyclic amines) is 1. The maximum absolute atomic E-state index is 4.48. The van der Waals surface area contributed by atoms with Gasteiger partial charge >= 0.3 is 0 Å². The Hall–Kier alpha value is -0.450. The van der Waals surface area contributed by atoms with Gasteiger partial charge in [0.1, 0.15) is 5.01 Å². The van der Waals surface area contributed by atoms with E-state index in [1.807, 2.05) is 24.6 Å². The lowest BCUT2D eigenvalue weighted by Crippen LogP contribution is -2.24. The van der Waals surface area contributed by atoms with Crippen molar-refractivity contribution in [1.29, 1.82) is 0 Å². The van der Waals surface area contributed by atoms with E-state index in [1.165, 1.54) is 29.4 Å². The smallest absolute Gasteiger partial charge is 0.107 e. The van der Waals surface area contributed by atoms with E-state index in [0.717, 1.165) is 25.4 Å². The monoisotopic (exact) mass is 239 g/mol. The summed E-state index contributed by atoms with van der Waals surface area (Å²) in [5.41, 5.74) is 0. The van der Waals surface area contributed by atoms with E-state index in [1.54, 1.807) is 0 Å². The lowest BCUT2D eigenvalue weighted by Gasteiger charge is -2.13. The first-order valence-electron chi connectivity index (χ1n) is 6.12. The van der Waals surface area contributed by atoms with Crippen molar-refractivity contribution in [2.24, 2.45) is 5.92 Å². The van der Waals surface area contributed by atoms with Gasteiger partial charge < -0.3 is 5.32 Å². The highest BCUT2D eigenvalue weighted by molar-refractivity contribution is 7.11. The van der Waals surface area contributed by atoms with E-state index in [4.69, 9.17) is 0 Å². The van der Waals surface area contributed by atoms with Gasteiger partial charge in [0.2, 0.25) is 0 Å². The number of nitrogens with zero attached hydrogens (tertiary/aromatic N) is 2. The number of thiazole rings is 1. The fourth-order valence-corrected chi connectivity index (χ4v) is 3.19. The molecule has 1 aliphatic heterocycles. The van der Waals surface area contributed by atoms with Crippen molar-refractivity contribution in [3.8, 4) is 0 Å². The topological polar surface area (TPSA) is 28.2 Å². The number of hydrogen-bond acceptors (Lipinski definition) is 4. The predicted molar refractivity (Wildman–Crippen MR) is 68.8 cm³/mol. The Bertz CT molecular complexity index is 324. The Morgan fingerprint density at radius 2 is 2.50 bits per heavy atom. The zero-order chi connectivity index (χ0) is 11.4. The zero-order valence-corrected chi connectivity index (χ0v) is 11.0. The molecule has 0 radical (unpaired) electrons. The first-order chi connectivity index (χ1) is 7.81. The van der Waals surface area contributed by atoms with Crippen LogP contribution in [0.5, 0.6) is 0 Å².